The summed E-state index contributed by atoms with van der Waals surface area (Å²) in [5.41, 5.74) is 2.09. The Morgan fingerprint density at radius 1 is 1.09 bits per heavy atom. The number of carbonyl (C=O) groups is 1. The van der Waals surface area contributed by atoms with Crippen LogP contribution in [0.4, 0.5) is 22.4 Å². The first-order chi connectivity index (χ1) is 15.3. The summed E-state index contributed by atoms with van der Waals surface area (Å²) in [4.78, 5) is 20.3. The van der Waals surface area contributed by atoms with Gasteiger partial charge < -0.3 is 10.1 Å². The van der Waals surface area contributed by atoms with Crippen LogP contribution in [-0.2, 0) is 6.42 Å². The van der Waals surface area contributed by atoms with E-state index >= 15 is 0 Å². The molecule has 1 amide bonds. The third-order valence-corrected chi connectivity index (χ3v) is 5.06. The van der Waals surface area contributed by atoms with E-state index in [4.69, 9.17) is 4.74 Å². The average molecular weight is 445 g/mol. The van der Waals surface area contributed by atoms with Crippen molar-refractivity contribution in [2.45, 2.75) is 37.4 Å². The number of halogens is 4. The van der Waals surface area contributed by atoms with Crippen LogP contribution in [0.15, 0.2) is 60.8 Å². The molecule has 1 aliphatic rings. The van der Waals surface area contributed by atoms with E-state index in [1.165, 1.54) is 42.6 Å². The normalized spacial score (nSPS) is 14.6. The lowest BCUT2D eigenvalue weighted by Gasteiger charge is -2.20. The van der Waals surface area contributed by atoms with Crippen LogP contribution in [0.2, 0.25) is 0 Å². The van der Waals surface area contributed by atoms with Gasteiger partial charge in [-0.05, 0) is 54.2 Å². The predicted octanol–water partition coefficient (Wildman–Crippen LogP) is 5.48. The number of nitrogens with zero attached hydrogens (tertiary/aromatic N) is 2. The van der Waals surface area contributed by atoms with Crippen LogP contribution in [0.1, 0.15) is 47.3 Å². The lowest BCUT2D eigenvalue weighted by atomic mass is 10.0. The van der Waals surface area contributed by atoms with Crippen molar-refractivity contribution in [3.8, 4) is 5.88 Å². The number of pyridine rings is 2. The molecule has 9 heteroatoms. The van der Waals surface area contributed by atoms with E-state index in [1.807, 2.05) is 5.32 Å². The number of nitrogens with one attached hydrogen (secondary N) is 1. The van der Waals surface area contributed by atoms with Gasteiger partial charge in [-0.3, -0.25) is 4.98 Å². The quantitative estimate of drug-likeness (QED) is 0.511. The molecule has 4 rings (SSSR count). The zero-order chi connectivity index (χ0) is 22.7. The SMILES string of the molecule is O=C(N[C@@H](c1ccccn1)C(F)(F)F)Oc1ccc(C2CC2)c(Cc2ccc(F)cc2)n1. The maximum absolute atomic E-state index is 13.4. The summed E-state index contributed by atoms with van der Waals surface area (Å²) in [5.74, 6) is -0.129. The summed E-state index contributed by atoms with van der Waals surface area (Å²) in [5, 5.41) is 1.82. The monoisotopic (exact) mass is 445 g/mol. The minimum absolute atomic E-state index is 0.119. The summed E-state index contributed by atoms with van der Waals surface area (Å²) in [7, 11) is 0. The first-order valence-corrected chi connectivity index (χ1v) is 10.00. The number of alkyl halides is 3. The average Bonchev–Trinajstić information content (AvgIpc) is 3.59. The van der Waals surface area contributed by atoms with Gasteiger partial charge in [-0.2, -0.15) is 13.2 Å². The van der Waals surface area contributed by atoms with Crippen molar-refractivity contribution in [1.29, 1.82) is 0 Å². The molecular formula is C23H19F4N3O2. The number of hydrogen-bond donors (Lipinski definition) is 1. The molecule has 0 unspecified atom stereocenters. The summed E-state index contributed by atoms with van der Waals surface area (Å²) in [6.45, 7) is 0. The second kappa shape index (κ2) is 8.94. The Labute approximate surface area is 181 Å². The van der Waals surface area contributed by atoms with Crippen LogP contribution >= 0.6 is 0 Å². The standard InChI is InChI=1S/C23H19F4N3O2/c24-16-8-4-14(5-9-16)13-19-17(15-6-7-15)10-11-20(29-19)32-22(31)30-21(23(25,26)27)18-3-1-2-12-28-18/h1-5,8-12,15,21H,6-7,13H2,(H,30,31)/t21-/m0/s1. The number of amides is 1. The Bertz CT molecular complexity index is 1080. The second-order valence-corrected chi connectivity index (χ2v) is 7.53. The maximum atomic E-state index is 13.4. The summed E-state index contributed by atoms with van der Waals surface area (Å²) in [6, 6.07) is 10.9. The minimum atomic E-state index is -4.76. The molecule has 0 saturated heterocycles. The van der Waals surface area contributed by atoms with E-state index in [9.17, 15) is 22.4 Å². The van der Waals surface area contributed by atoms with Gasteiger partial charge in [0.2, 0.25) is 5.88 Å². The molecule has 0 radical (unpaired) electrons. The van der Waals surface area contributed by atoms with Crippen LogP contribution in [0, 0.1) is 5.82 Å². The van der Waals surface area contributed by atoms with Gasteiger partial charge in [0.15, 0.2) is 6.04 Å². The Kier molecular flexibility index (Phi) is 6.07. The van der Waals surface area contributed by atoms with Gasteiger partial charge in [-0.15, -0.1) is 0 Å². The molecular weight excluding hydrogens is 426 g/mol. The van der Waals surface area contributed by atoms with E-state index in [-0.39, 0.29) is 17.4 Å². The van der Waals surface area contributed by atoms with Gasteiger partial charge in [0.05, 0.1) is 11.4 Å². The molecule has 1 saturated carbocycles. The van der Waals surface area contributed by atoms with Crippen molar-refractivity contribution in [2.24, 2.45) is 0 Å². The fourth-order valence-electron chi connectivity index (χ4n) is 3.36. The van der Waals surface area contributed by atoms with E-state index in [2.05, 4.69) is 9.97 Å². The van der Waals surface area contributed by atoms with Crippen LogP contribution in [0.5, 0.6) is 5.88 Å². The number of rotatable bonds is 6. The molecule has 0 bridgehead atoms. The van der Waals surface area contributed by atoms with Crippen LogP contribution < -0.4 is 10.1 Å². The van der Waals surface area contributed by atoms with E-state index < -0.39 is 18.3 Å². The number of carbonyl (C=O) groups excluding carboxylic acids is 1. The molecule has 2 aromatic heterocycles. The maximum Gasteiger partial charge on any atom is 0.414 e. The van der Waals surface area contributed by atoms with Crippen LogP contribution in [0.25, 0.3) is 0 Å². The van der Waals surface area contributed by atoms with Gasteiger partial charge in [0.1, 0.15) is 5.82 Å². The van der Waals surface area contributed by atoms with Crippen molar-refractivity contribution in [1.82, 2.24) is 15.3 Å². The largest absolute Gasteiger partial charge is 0.414 e. The molecule has 1 aliphatic carbocycles. The van der Waals surface area contributed by atoms with Crippen LogP contribution in [0.3, 0.4) is 0 Å². The second-order valence-electron chi connectivity index (χ2n) is 7.53. The number of ether oxygens (including phenoxy) is 1. The molecule has 1 N–H and O–H groups in total. The molecule has 1 fully saturated rings. The van der Waals surface area contributed by atoms with Crippen molar-refractivity contribution < 1.29 is 27.1 Å². The first kappa shape index (κ1) is 21.7. The van der Waals surface area contributed by atoms with Crippen molar-refractivity contribution in [3.63, 3.8) is 0 Å². The summed E-state index contributed by atoms with van der Waals surface area (Å²) < 4.78 is 58.6. The predicted molar refractivity (Wildman–Crippen MR) is 108 cm³/mol. The highest BCUT2D eigenvalue weighted by molar-refractivity contribution is 5.70. The molecule has 166 valence electrons. The molecule has 1 atom stereocenters. The van der Waals surface area contributed by atoms with E-state index in [1.54, 1.807) is 18.2 Å². The molecule has 2 heterocycles. The number of hydrogen-bond acceptors (Lipinski definition) is 4. The van der Waals surface area contributed by atoms with Gasteiger partial charge in [0.25, 0.3) is 0 Å². The third-order valence-electron chi connectivity index (χ3n) is 5.06. The molecule has 32 heavy (non-hydrogen) atoms. The fraction of sp³-hybridized carbons (Fsp3) is 0.261. The van der Waals surface area contributed by atoms with Crippen molar-refractivity contribution in [3.05, 3.63) is 89.1 Å². The summed E-state index contributed by atoms with van der Waals surface area (Å²) >= 11 is 0. The Hall–Kier alpha value is -3.49. The summed E-state index contributed by atoms with van der Waals surface area (Å²) in [6.07, 6.45) is -2.45. The smallest absolute Gasteiger partial charge is 0.391 e. The number of aromatic nitrogens is 2. The lowest BCUT2D eigenvalue weighted by Crippen LogP contribution is -2.40. The van der Waals surface area contributed by atoms with Gasteiger partial charge in [-0.25, -0.2) is 14.2 Å². The highest BCUT2D eigenvalue weighted by Gasteiger charge is 2.43. The van der Waals surface area contributed by atoms with E-state index in [0.29, 0.717) is 18.0 Å². The van der Waals surface area contributed by atoms with Gasteiger partial charge in [0, 0.05) is 18.7 Å². The third kappa shape index (κ3) is 5.40. The topological polar surface area (TPSA) is 64.1 Å². The van der Waals surface area contributed by atoms with Crippen molar-refractivity contribution in [2.75, 3.05) is 0 Å². The van der Waals surface area contributed by atoms with Gasteiger partial charge in [-0.1, -0.05) is 24.3 Å². The lowest BCUT2D eigenvalue weighted by molar-refractivity contribution is -0.156. The van der Waals surface area contributed by atoms with Gasteiger partial charge >= 0.3 is 12.3 Å². The zero-order valence-electron chi connectivity index (χ0n) is 16.8. The first-order valence-electron chi connectivity index (χ1n) is 10.00. The molecule has 0 spiro atoms. The highest BCUT2D eigenvalue weighted by Crippen LogP contribution is 2.42. The number of benzene rings is 1. The molecule has 3 aromatic rings. The minimum Gasteiger partial charge on any atom is -0.391 e. The molecule has 0 aliphatic heterocycles. The van der Waals surface area contributed by atoms with Crippen LogP contribution in [-0.4, -0.2) is 22.2 Å². The highest BCUT2D eigenvalue weighted by atomic mass is 19.4. The Morgan fingerprint density at radius 2 is 1.84 bits per heavy atom. The fourth-order valence-corrected chi connectivity index (χ4v) is 3.36. The van der Waals surface area contributed by atoms with Crippen molar-refractivity contribution >= 4 is 6.09 Å². The molecule has 1 aromatic carbocycles. The Balaban J connectivity index is 1.52. The Morgan fingerprint density at radius 3 is 2.47 bits per heavy atom. The zero-order valence-corrected chi connectivity index (χ0v) is 16.8. The molecule has 5 nitrogen and oxygen atoms in total. The van der Waals surface area contributed by atoms with E-state index in [0.717, 1.165) is 24.0 Å².